The molecule has 1 aromatic heterocycles. The van der Waals surface area contributed by atoms with Crippen LogP contribution in [0.15, 0.2) is 34.5 Å². The van der Waals surface area contributed by atoms with Gasteiger partial charge in [-0.3, -0.25) is 4.79 Å². The Morgan fingerprint density at radius 3 is 2.86 bits per heavy atom. The van der Waals surface area contributed by atoms with E-state index >= 15 is 0 Å². The van der Waals surface area contributed by atoms with Gasteiger partial charge in [0.25, 0.3) is 5.91 Å². The molecule has 5 heteroatoms. The van der Waals surface area contributed by atoms with Crippen molar-refractivity contribution in [2.45, 2.75) is 38.5 Å². The first-order valence-corrected chi connectivity index (χ1v) is 7.86. The monoisotopic (exact) mass is 306 g/mol. The zero-order chi connectivity index (χ0) is 15.1. The van der Waals surface area contributed by atoms with Crippen LogP contribution in [0.5, 0.6) is 0 Å². The van der Waals surface area contributed by atoms with E-state index in [-0.39, 0.29) is 5.91 Å². The van der Waals surface area contributed by atoms with Gasteiger partial charge in [-0.2, -0.15) is 0 Å². The van der Waals surface area contributed by atoms with Crippen molar-refractivity contribution in [1.29, 1.82) is 0 Å². The summed E-state index contributed by atoms with van der Waals surface area (Å²) in [6, 6.07) is 3.42. The predicted octanol–water partition coefficient (Wildman–Crippen LogP) is 3.29. The number of carbonyl (C=O) groups excluding carboxylic acids is 1. The highest BCUT2D eigenvalue weighted by Gasteiger charge is 2.18. The quantitative estimate of drug-likeness (QED) is 0.620. The molecule has 0 fully saturated rings. The van der Waals surface area contributed by atoms with Gasteiger partial charge in [0.2, 0.25) is 0 Å². The Labute approximate surface area is 131 Å². The lowest BCUT2D eigenvalue weighted by atomic mass is 9.97. The Kier molecular flexibility index (Phi) is 5.99. The Bertz CT molecular complexity index is 508. The number of nitrogens with zero attached hydrogens (tertiary/aromatic N) is 1. The van der Waals surface area contributed by atoms with E-state index in [4.69, 9.17) is 22.4 Å². The van der Waals surface area contributed by atoms with Crippen LogP contribution in [0.4, 0.5) is 0 Å². The molecule has 0 spiro atoms. The zero-order valence-corrected chi connectivity index (χ0v) is 13.0. The van der Waals surface area contributed by atoms with Crippen molar-refractivity contribution in [1.82, 2.24) is 4.90 Å². The summed E-state index contributed by atoms with van der Waals surface area (Å²) < 4.78 is 5.20. The van der Waals surface area contributed by atoms with Crippen molar-refractivity contribution in [3.63, 3.8) is 0 Å². The van der Waals surface area contributed by atoms with Gasteiger partial charge < -0.3 is 15.1 Å². The van der Waals surface area contributed by atoms with Gasteiger partial charge in [-0.05, 0) is 44.2 Å². The number of thiocarbonyl (C=S) groups is 1. The molecule has 2 rings (SSSR count). The normalized spacial score (nSPS) is 14.6. The standard InChI is InChI=1S/C16H22N2O2S/c17-15(21)9-11-18(16(19)14-7-4-12-20-14)10-8-13-5-2-1-3-6-13/h4-5,7,12H,1-3,6,8-11H2,(H2,17,21). The predicted molar refractivity (Wildman–Crippen MR) is 87.2 cm³/mol. The number of carbonyl (C=O) groups is 1. The number of rotatable bonds is 7. The number of furan rings is 1. The lowest BCUT2D eigenvalue weighted by Crippen LogP contribution is -2.34. The first-order valence-electron chi connectivity index (χ1n) is 7.46. The second kappa shape index (κ2) is 7.98. The molecule has 0 unspecified atom stereocenters. The minimum Gasteiger partial charge on any atom is -0.459 e. The number of hydrogen-bond acceptors (Lipinski definition) is 3. The first-order chi connectivity index (χ1) is 10.2. The molecule has 0 saturated heterocycles. The summed E-state index contributed by atoms with van der Waals surface area (Å²) >= 11 is 4.91. The van der Waals surface area contributed by atoms with E-state index in [9.17, 15) is 4.79 Å². The SMILES string of the molecule is NC(=S)CCN(CCC1=CCCCC1)C(=O)c1ccco1. The topological polar surface area (TPSA) is 59.5 Å². The summed E-state index contributed by atoms with van der Waals surface area (Å²) in [5.41, 5.74) is 7.01. The van der Waals surface area contributed by atoms with E-state index in [1.165, 1.54) is 24.7 Å². The maximum Gasteiger partial charge on any atom is 0.289 e. The molecule has 1 amide bonds. The summed E-state index contributed by atoms with van der Waals surface area (Å²) in [4.78, 5) is 14.6. The largest absolute Gasteiger partial charge is 0.459 e. The van der Waals surface area contributed by atoms with Crippen LogP contribution in [0.25, 0.3) is 0 Å². The average Bonchev–Trinajstić information content (AvgIpc) is 3.02. The summed E-state index contributed by atoms with van der Waals surface area (Å²) in [7, 11) is 0. The molecule has 1 aliphatic rings. The third kappa shape index (κ3) is 5.01. The highest BCUT2D eigenvalue weighted by molar-refractivity contribution is 7.80. The lowest BCUT2D eigenvalue weighted by Gasteiger charge is -2.23. The number of hydrogen-bond donors (Lipinski definition) is 1. The third-order valence-electron chi connectivity index (χ3n) is 3.74. The molecule has 2 N–H and O–H groups in total. The molecule has 1 aliphatic carbocycles. The van der Waals surface area contributed by atoms with E-state index in [2.05, 4.69) is 6.08 Å². The van der Waals surface area contributed by atoms with Crippen molar-refractivity contribution >= 4 is 23.1 Å². The summed E-state index contributed by atoms with van der Waals surface area (Å²) in [5, 5.41) is 0. The van der Waals surface area contributed by atoms with Crippen molar-refractivity contribution in [3.05, 3.63) is 35.8 Å². The molecule has 21 heavy (non-hydrogen) atoms. The van der Waals surface area contributed by atoms with Gasteiger partial charge in [0.15, 0.2) is 5.76 Å². The van der Waals surface area contributed by atoms with Crippen LogP contribution in [-0.2, 0) is 0 Å². The maximum atomic E-state index is 12.4. The van der Waals surface area contributed by atoms with Crippen LogP contribution in [-0.4, -0.2) is 28.9 Å². The van der Waals surface area contributed by atoms with E-state index < -0.39 is 0 Å². The highest BCUT2D eigenvalue weighted by Crippen LogP contribution is 2.20. The van der Waals surface area contributed by atoms with E-state index in [0.717, 1.165) is 19.3 Å². The lowest BCUT2D eigenvalue weighted by molar-refractivity contribution is 0.0729. The molecular weight excluding hydrogens is 284 g/mol. The van der Waals surface area contributed by atoms with Crippen molar-refractivity contribution in [3.8, 4) is 0 Å². The number of nitrogens with two attached hydrogens (primary N) is 1. The second-order valence-electron chi connectivity index (χ2n) is 5.34. The van der Waals surface area contributed by atoms with Crippen LogP contribution in [0, 0.1) is 0 Å². The van der Waals surface area contributed by atoms with Gasteiger partial charge in [-0.25, -0.2) is 0 Å². The minimum atomic E-state index is -0.0901. The fourth-order valence-electron chi connectivity index (χ4n) is 2.53. The Morgan fingerprint density at radius 2 is 2.24 bits per heavy atom. The zero-order valence-electron chi connectivity index (χ0n) is 12.2. The van der Waals surface area contributed by atoms with E-state index in [0.29, 0.717) is 30.3 Å². The smallest absolute Gasteiger partial charge is 0.289 e. The molecule has 0 radical (unpaired) electrons. The molecular formula is C16H22N2O2S. The van der Waals surface area contributed by atoms with Gasteiger partial charge in [0.05, 0.1) is 11.3 Å². The van der Waals surface area contributed by atoms with Gasteiger partial charge in [0.1, 0.15) is 0 Å². The fourth-order valence-corrected chi connectivity index (χ4v) is 2.62. The third-order valence-corrected chi connectivity index (χ3v) is 3.94. The van der Waals surface area contributed by atoms with Crippen LogP contribution in [0.3, 0.4) is 0 Å². The second-order valence-corrected chi connectivity index (χ2v) is 5.87. The van der Waals surface area contributed by atoms with Crippen molar-refractivity contribution in [2.24, 2.45) is 5.73 Å². The van der Waals surface area contributed by atoms with Crippen LogP contribution in [0.2, 0.25) is 0 Å². The maximum absolute atomic E-state index is 12.4. The Hall–Kier alpha value is -1.62. The molecule has 1 aromatic rings. The van der Waals surface area contributed by atoms with E-state index in [1.807, 2.05) is 0 Å². The minimum absolute atomic E-state index is 0.0901. The Morgan fingerprint density at radius 1 is 1.38 bits per heavy atom. The number of allylic oxidation sites excluding steroid dienone is 1. The molecule has 0 saturated carbocycles. The Balaban J connectivity index is 1.95. The molecule has 1 heterocycles. The van der Waals surface area contributed by atoms with Gasteiger partial charge >= 0.3 is 0 Å². The van der Waals surface area contributed by atoms with Gasteiger partial charge in [-0.15, -0.1) is 0 Å². The molecule has 0 aromatic carbocycles. The molecule has 0 atom stereocenters. The van der Waals surface area contributed by atoms with E-state index in [1.54, 1.807) is 17.0 Å². The van der Waals surface area contributed by atoms with Gasteiger partial charge in [0, 0.05) is 19.5 Å². The fraction of sp³-hybridized carbons (Fsp3) is 0.500. The molecule has 0 aliphatic heterocycles. The van der Waals surface area contributed by atoms with Crippen molar-refractivity contribution < 1.29 is 9.21 Å². The van der Waals surface area contributed by atoms with Crippen LogP contribution >= 0.6 is 12.2 Å². The van der Waals surface area contributed by atoms with Crippen molar-refractivity contribution in [2.75, 3.05) is 13.1 Å². The summed E-state index contributed by atoms with van der Waals surface area (Å²) in [5.74, 6) is 0.281. The van der Waals surface area contributed by atoms with Crippen LogP contribution < -0.4 is 5.73 Å². The first kappa shape index (κ1) is 15.8. The highest BCUT2D eigenvalue weighted by atomic mass is 32.1. The summed E-state index contributed by atoms with van der Waals surface area (Å²) in [6.45, 7) is 1.23. The molecule has 114 valence electrons. The van der Waals surface area contributed by atoms with Crippen LogP contribution in [0.1, 0.15) is 49.1 Å². The van der Waals surface area contributed by atoms with Gasteiger partial charge in [-0.1, -0.05) is 23.9 Å². The molecule has 4 nitrogen and oxygen atoms in total. The average molecular weight is 306 g/mol. The number of amides is 1. The summed E-state index contributed by atoms with van der Waals surface area (Å²) in [6.07, 6.45) is 10.1. The molecule has 0 bridgehead atoms.